The van der Waals surface area contributed by atoms with Crippen molar-refractivity contribution in [2.45, 2.75) is 45.4 Å². The van der Waals surface area contributed by atoms with Crippen LogP contribution in [0.2, 0.25) is 0 Å². The van der Waals surface area contributed by atoms with E-state index in [1.807, 2.05) is 31.6 Å². The van der Waals surface area contributed by atoms with Gasteiger partial charge in [0, 0.05) is 30.8 Å². The van der Waals surface area contributed by atoms with E-state index in [9.17, 15) is 4.79 Å². The summed E-state index contributed by atoms with van der Waals surface area (Å²) in [7, 11) is 3.61. The zero-order valence-electron chi connectivity index (χ0n) is 15.6. The maximum absolute atomic E-state index is 12.4. The average molecular weight is 341 g/mol. The van der Waals surface area contributed by atoms with E-state index in [0.29, 0.717) is 18.9 Å². The summed E-state index contributed by atoms with van der Waals surface area (Å²) in [6, 6.07) is 6.30. The minimum atomic E-state index is 0.0693. The SMILES string of the molecule is COc1ccc2c(c1)CCCC2CNC(=O)Cc1c(C)nn(C)c1C. The number of fused-ring (bicyclic) bond motifs is 1. The maximum atomic E-state index is 12.4. The Morgan fingerprint density at radius 2 is 2.20 bits per heavy atom. The topological polar surface area (TPSA) is 56.1 Å². The molecule has 0 spiro atoms. The Morgan fingerprint density at radius 1 is 1.40 bits per heavy atom. The number of nitrogens with one attached hydrogen (secondary N) is 1. The molecule has 5 nitrogen and oxygen atoms in total. The van der Waals surface area contributed by atoms with Crippen LogP contribution in [0, 0.1) is 13.8 Å². The second-order valence-electron chi connectivity index (χ2n) is 6.91. The lowest BCUT2D eigenvalue weighted by Crippen LogP contribution is -2.31. The van der Waals surface area contributed by atoms with E-state index < -0.39 is 0 Å². The van der Waals surface area contributed by atoms with Crippen molar-refractivity contribution in [3.05, 3.63) is 46.3 Å². The summed E-state index contributed by atoms with van der Waals surface area (Å²) in [4.78, 5) is 12.4. The molecule has 134 valence electrons. The number of amides is 1. The Bertz CT molecular complexity index is 779. The van der Waals surface area contributed by atoms with Crippen molar-refractivity contribution in [1.82, 2.24) is 15.1 Å². The van der Waals surface area contributed by atoms with Gasteiger partial charge in [-0.2, -0.15) is 5.10 Å². The number of hydrogen-bond donors (Lipinski definition) is 1. The minimum Gasteiger partial charge on any atom is -0.497 e. The van der Waals surface area contributed by atoms with Crippen LogP contribution in [0.5, 0.6) is 5.75 Å². The monoisotopic (exact) mass is 341 g/mol. The van der Waals surface area contributed by atoms with Gasteiger partial charge in [0.25, 0.3) is 0 Å². The third-order valence-corrected chi connectivity index (χ3v) is 5.33. The summed E-state index contributed by atoms with van der Waals surface area (Å²) >= 11 is 0. The number of aryl methyl sites for hydroxylation is 3. The van der Waals surface area contributed by atoms with Crippen molar-refractivity contribution in [2.75, 3.05) is 13.7 Å². The van der Waals surface area contributed by atoms with Crippen LogP contribution in [0.1, 0.15) is 46.8 Å². The largest absolute Gasteiger partial charge is 0.497 e. The third kappa shape index (κ3) is 3.70. The van der Waals surface area contributed by atoms with Gasteiger partial charge in [0.05, 0.1) is 19.2 Å². The lowest BCUT2D eigenvalue weighted by atomic mass is 9.82. The Balaban J connectivity index is 1.63. The summed E-state index contributed by atoms with van der Waals surface area (Å²) in [6.07, 6.45) is 3.75. The quantitative estimate of drug-likeness (QED) is 0.910. The van der Waals surface area contributed by atoms with Crippen molar-refractivity contribution >= 4 is 5.91 Å². The van der Waals surface area contributed by atoms with Crippen LogP contribution in [0.4, 0.5) is 0 Å². The molecule has 1 aromatic carbocycles. The van der Waals surface area contributed by atoms with Crippen molar-refractivity contribution in [2.24, 2.45) is 7.05 Å². The van der Waals surface area contributed by atoms with Gasteiger partial charge in [-0.15, -0.1) is 0 Å². The first-order valence-corrected chi connectivity index (χ1v) is 8.92. The lowest BCUT2D eigenvalue weighted by molar-refractivity contribution is -0.120. The van der Waals surface area contributed by atoms with Crippen LogP contribution in [-0.4, -0.2) is 29.3 Å². The first-order chi connectivity index (χ1) is 12.0. The Morgan fingerprint density at radius 3 is 2.88 bits per heavy atom. The van der Waals surface area contributed by atoms with E-state index in [1.165, 1.54) is 11.1 Å². The Hall–Kier alpha value is -2.30. The molecule has 1 unspecified atom stereocenters. The standard InChI is InChI=1S/C20H27N3O2/c1-13-19(14(2)23(3)22-13)11-20(24)21-12-16-7-5-6-15-10-17(25-4)8-9-18(15)16/h8-10,16H,5-7,11-12H2,1-4H3,(H,21,24). The molecule has 1 aromatic heterocycles. The number of carbonyl (C=O) groups excluding carboxylic acids is 1. The van der Waals surface area contributed by atoms with Gasteiger partial charge >= 0.3 is 0 Å². The van der Waals surface area contributed by atoms with Crippen molar-refractivity contribution < 1.29 is 9.53 Å². The van der Waals surface area contributed by atoms with Gasteiger partial charge < -0.3 is 10.1 Å². The van der Waals surface area contributed by atoms with Gasteiger partial charge in [-0.1, -0.05) is 6.07 Å². The van der Waals surface area contributed by atoms with Crippen LogP contribution in [0.15, 0.2) is 18.2 Å². The summed E-state index contributed by atoms with van der Waals surface area (Å²) in [5.74, 6) is 1.36. The van der Waals surface area contributed by atoms with Crippen molar-refractivity contribution in [1.29, 1.82) is 0 Å². The number of carbonyl (C=O) groups is 1. The second kappa shape index (κ2) is 7.30. The van der Waals surface area contributed by atoms with Gasteiger partial charge in [-0.05, 0) is 56.4 Å². The molecule has 1 heterocycles. The van der Waals surface area contributed by atoms with Gasteiger partial charge in [-0.3, -0.25) is 9.48 Å². The zero-order valence-corrected chi connectivity index (χ0v) is 15.6. The highest BCUT2D eigenvalue weighted by atomic mass is 16.5. The molecule has 0 aliphatic heterocycles. The fourth-order valence-electron chi connectivity index (χ4n) is 3.76. The van der Waals surface area contributed by atoms with Gasteiger partial charge in [0.2, 0.25) is 5.91 Å². The normalized spacial score (nSPS) is 16.4. The number of methoxy groups -OCH3 is 1. The molecular weight excluding hydrogens is 314 g/mol. The summed E-state index contributed by atoms with van der Waals surface area (Å²) < 4.78 is 7.16. The van der Waals surface area contributed by atoms with Gasteiger partial charge in [0.15, 0.2) is 0 Å². The average Bonchev–Trinajstić information content (AvgIpc) is 2.85. The molecule has 25 heavy (non-hydrogen) atoms. The first kappa shape index (κ1) is 17.5. The van der Waals surface area contributed by atoms with Crippen LogP contribution in [0.3, 0.4) is 0 Å². The van der Waals surface area contributed by atoms with E-state index in [-0.39, 0.29) is 5.91 Å². The van der Waals surface area contributed by atoms with E-state index in [0.717, 1.165) is 42.0 Å². The highest BCUT2D eigenvalue weighted by Crippen LogP contribution is 2.33. The number of benzene rings is 1. The molecule has 1 N–H and O–H groups in total. The molecule has 1 aliphatic rings. The molecule has 5 heteroatoms. The van der Waals surface area contributed by atoms with E-state index in [1.54, 1.807) is 7.11 Å². The van der Waals surface area contributed by atoms with Crippen LogP contribution >= 0.6 is 0 Å². The fraction of sp³-hybridized carbons (Fsp3) is 0.500. The number of nitrogens with zero attached hydrogens (tertiary/aromatic N) is 2. The highest BCUT2D eigenvalue weighted by Gasteiger charge is 2.22. The lowest BCUT2D eigenvalue weighted by Gasteiger charge is -2.26. The predicted octanol–water partition coefficient (Wildman–Crippen LogP) is 2.82. The number of hydrogen-bond acceptors (Lipinski definition) is 3. The summed E-state index contributed by atoms with van der Waals surface area (Å²) in [5, 5.41) is 7.51. The molecule has 2 aromatic rings. The zero-order chi connectivity index (χ0) is 18.0. The summed E-state index contributed by atoms with van der Waals surface area (Å²) in [5.41, 5.74) is 5.73. The molecule has 3 rings (SSSR count). The van der Waals surface area contributed by atoms with Crippen LogP contribution in [0.25, 0.3) is 0 Å². The predicted molar refractivity (Wildman–Crippen MR) is 98.1 cm³/mol. The fourth-order valence-corrected chi connectivity index (χ4v) is 3.76. The Kier molecular flexibility index (Phi) is 5.11. The van der Waals surface area contributed by atoms with Crippen LogP contribution in [-0.2, 0) is 24.7 Å². The highest BCUT2D eigenvalue weighted by molar-refractivity contribution is 5.79. The molecule has 0 bridgehead atoms. The van der Waals surface area contributed by atoms with E-state index >= 15 is 0 Å². The third-order valence-electron chi connectivity index (χ3n) is 5.33. The Labute approximate surface area is 149 Å². The molecule has 0 saturated carbocycles. The smallest absolute Gasteiger partial charge is 0.224 e. The first-order valence-electron chi connectivity index (χ1n) is 8.92. The number of ether oxygens (including phenoxy) is 1. The molecule has 1 aliphatic carbocycles. The molecule has 1 atom stereocenters. The van der Waals surface area contributed by atoms with Crippen molar-refractivity contribution in [3.8, 4) is 5.75 Å². The van der Waals surface area contributed by atoms with Crippen molar-refractivity contribution in [3.63, 3.8) is 0 Å². The minimum absolute atomic E-state index is 0.0693. The summed E-state index contributed by atoms with van der Waals surface area (Å²) in [6.45, 7) is 4.66. The second-order valence-corrected chi connectivity index (χ2v) is 6.91. The van der Waals surface area contributed by atoms with Gasteiger partial charge in [-0.25, -0.2) is 0 Å². The van der Waals surface area contributed by atoms with E-state index in [4.69, 9.17) is 4.74 Å². The van der Waals surface area contributed by atoms with Gasteiger partial charge in [0.1, 0.15) is 5.75 Å². The molecule has 1 amide bonds. The number of aromatic nitrogens is 2. The molecular formula is C20H27N3O2. The molecule has 0 radical (unpaired) electrons. The van der Waals surface area contributed by atoms with Crippen LogP contribution < -0.4 is 10.1 Å². The molecule has 0 fully saturated rings. The molecule has 0 saturated heterocycles. The number of rotatable bonds is 5. The van der Waals surface area contributed by atoms with E-state index in [2.05, 4.69) is 22.5 Å². The maximum Gasteiger partial charge on any atom is 0.224 e.